The molecular weight excluding hydrogens is 256 g/mol. The molecule has 0 aromatic heterocycles. The van der Waals surface area contributed by atoms with E-state index >= 15 is 0 Å². The summed E-state index contributed by atoms with van der Waals surface area (Å²) in [7, 11) is 0. The summed E-state index contributed by atoms with van der Waals surface area (Å²) < 4.78 is 0. The lowest BCUT2D eigenvalue weighted by Crippen LogP contribution is -2.46. The monoisotopic (exact) mass is 292 g/mol. The van der Waals surface area contributed by atoms with Crippen molar-refractivity contribution in [2.24, 2.45) is 11.3 Å². The Bertz CT molecular complexity index is 303. The lowest BCUT2D eigenvalue weighted by molar-refractivity contribution is 0.130. The van der Waals surface area contributed by atoms with Gasteiger partial charge in [0.1, 0.15) is 0 Å². The topological polar surface area (TPSA) is 15.3 Å². The fourth-order valence-corrected chi connectivity index (χ4v) is 5.24. The van der Waals surface area contributed by atoms with Gasteiger partial charge < -0.3 is 10.2 Å². The van der Waals surface area contributed by atoms with Crippen LogP contribution in [0.2, 0.25) is 0 Å². The van der Waals surface area contributed by atoms with Crippen molar-refractivity contribution in [3.05, 3.63) is 0 Å². The highest BCUT2D eigenvalue weighted by Gasteiger charge is 2.35. The van der Waals surface area contributed by atoms with Crippen molar-refractivity contribution in [2.45, 2.75) is 83.6 Å². The van der Waals surface area contributed by atoms with Crippen LogP contribution in [0.1, 0.15) is 77.6 Å². The van der Waals surface area contributed by atoms with Gasteiger partial charge in [0.2, 0.25) is 0 Å². The SMILES string of the molecule is CCC1(CN2CCCNC(C3CCCCC3)C2)CCCC1. The van der Waals surface area contributed by atoms with Gasteiger partial charge in [0.25, 0.3) is 0 Å². The molecule has 1 N–H and O–H groups in total. The zero-order valence-corrected chi connectivity index (χ0v) is 14.2. The van der Waals surface area contributed by atoms with Crippen LogP contribution >= 0.6 is 0 Å². The minimum Gasteiger partial charge on any atom is -0.312 e. The van der Waals surface area contributed by atoms with E-state index < -0.39 is 0 Å². The van der Waals surface area contributed by atoms with Gasteiger partial charge in [-0.25, -0.2) is 0 Å². The van der Waals surface area contributed by atoms with E-state index in [0.717, 1.165) is 12.0 Å². The summed E-state index contributed by atoms with van der Waals surface area (Å²) in [6.07, 6.45) is 16.1. The molecule has 1 aliphatic heterocycles. The molecule has 2 saturated carbocycles. The Kier molecular flexibility index (Phi) is 5.61. The second kappa shape index (κ2) is 7.46. The summed E-state index contributed by atoms with van der Waals surface area (Å²) in [6.45, 7) is 7.72. The molecule has 0 aromatic carbocycles. The molecule has 0 radical (unpaired) electrons. The minimum atomic E-state index is 0.668. The molecule has 2 heteroatoms. The first kappa shape index (κ1) is 15.8. The highest BCUT2D eigenvalue weighted by Crippen LogP contribution is 2.42. The van der Waals surface area contributed by atoms with Gasteiger partial charge in [0, 0.05) is 19.1 Å². The third-order valence-corrected chi connectivity index (χ3v) is 6.70. The molecule has 2 nitrogen and oxygen atoms in total. The Morgan fingerprint density at radius 3 is 2.48 bits per heavy atom. The Morgan fingerprint density at radius 1 is 1.00 bits per heavy atom. The summed E-state index contributed by atoms with van der Waals surface area (Å²) >= 11 is 0. The standard InChI is InChI=1S/C19H36N2/c1-2-19(11-6-7-12-19)16-21-14-8-13-20-18(15-21)17-9-4-3-5-10-17/h17-18,20H,2-16H2,1H3. The maximum absolute atomic E-state index is 3.90. The highest BCUT2D eigenvalue weighted by atomic mass is 15.2. The van der Waals surface area contributed by atoms with Crippen molar-refractivity contribution < 1.29 is 0 Å². The molecule has 122 valence electrons. The van der Waals surface area contributed by atoms with E-state index in [4.69, 9.17) is 0 Å². The summed E-state index contributed by atoms with van der Waals surface area (Å²) in [6, 6.07) is 0.781. The predicted octanol–water partition coefficient (Wildman–Crippen LogP) is 4.20. The Hall–Kier alpha value is -0.0800. The second-order valence-electron chi connectivity index (χ2n) is 8.11. The first-order valence-corrected chi connectivity index (χ1v) is 9.77. The van der Waals surface area contributed by atoms with Crippen molar-refractivity contribution >= 4 is 0 Å². The summed E-state index contributed by atoms with van der Waals surface area (Å²) in [4.78, 5) is 2.84. The van der Waals surface area contributed by atoms with Crippen molar-refractivity contribution in [2.75, 3.05) is 26.2 Å². The molecular formula is C19H36N2. The van der Waals surface area contributed by atoms with E-state index in [0.29, 0.717) is 5.41 Å². The molecule has 1 atom stereocenters. The molecule has 2 aliphatic carbocycles. The average molecular weight is 293 g/mol. The maximum atomic E-state index is 3.90. The van der Waals surface area contributed by atoms with Crippen LogP contribution < -0.4 is 5.32 Å². The molecule has 1 heterocycles. The van der Waals surface area contributed by atoms with Gasteiger partial charge in [-0.05, 0) is 62.9 Å². The predicted molar refractivity (Wildman–Crippen MR) is 90.6 cm³/mol. The molecule has 0 bridgehead atoms. The molecule has 1 saturated heterocycles. The molecule has 3 aliphatic rings. The van der Waals surface area contributed by atoms with Crippen LogP contribution in [0.4, 0.5) is 0 Å². The van der Waals surface area contributed by atoms with Crippen LogP contribution in [0.3, 0.4) is 0 Å². The smallest absolute Gasteiger partial charge is 0.0223 e. The molecule has 0 amide bonds. The van der Waals surface area contributed by atoms with Crippen LogP contribution in [-0.2, 0) is 0 Å². The molecule has 0 aromatic rings. The van der Waals surface area contributed by atoms with Gasteiger partial charge in [-0.15, -0.1) is 0 Å². The third kappa shape index (κ3) is 4.01. The van der Waals surface area contributed by atoms with Crippen molar-refractivity contribution in [3.63, 3.8) is 0 Å². The summed E-state index contributed by atoms with van der Waals surface area (Å²) in [5.41, 5.74) is 0.668. The van der Waals surface area contributed by atoms with Crippen LogP contribution in [0.25, 0.3) is 0 Å². The Morgan fingerprint density at radius 2 is 1.76 bits per heavy atom. The van der Waals surface area contributed by atoms with E-state index in [1.165, 1.54) is 96.8 Å². The first-order valence-electron chi connectivity index (χ1n) is 9.77. The summed E-state index contributed by atoms with van der Waals surface area (Å²) in [5.74, 6) is 0.959. The van der Waals surface area contributed by atoms with Crippen LogP contribution in [-0.4, -0.2) is 37.1 Å². The molecule has 21 heavy (non-hydrogen) atoms. The molecule has 1 unspecified atom stereocenters. The number of nitrogens with one attached hydrogen (secondary N) is 1. The highest BCUT2D eigenvalue weighted by molar-refractivity contribution is 4.90. The largest absolute Gasteiger partial charge is 0.312 e. The molecule has 3 fully saturated rings. The number of hydrogen-bond donors (Lipinski definition) is 1. The van der Waals surface area contributed by atoms with E-state index in [-0.39, 0.29) is 0 Å². The van der Waals surface area contributed by atoms with Crippen LogP contribution in [0.5, 0.6) is 0 Å². The maximum Gasteiger partial charge on any atom is 0.0223 e. The fraction of sp³-hybridized carbons (Fsp3) is 1.00. The fourth-order valence-electron chi connectivity index (χ4n) is 5.24. The zero-order chi connectivity index (χ0) is 14.5. The van der Waals surface area contributed by atoms with Gasteiger partial charge in [-0.3, -0.25) is 0 Å². The first-order chi connectivity index (χ1) is 10.3. The van der Waals surface area contributed by atoms with E-state index in [2.05, 4.69) is 17.1 Å². The zero-order valence-electron chi connectivity index (χ0n) is 14.2. The van der Waals surface area contributed by atoms with Crippen molar-refractivity contribution in [3.8, 4) is 0 Å². The van der Waals surface area contributed by atoms with Gasteiger partial charge in [-0.2, -0.15) is 0 Å². The van der Waals surface area contributed by atoms with E-state index in [1.54, 1.807) is 0 Å². The van der Waals surface area contributed by atoms with Gasteiger partial charge in [-0.1, -0.05) is 39.0 Å². The lowest BCUT2D eigenvalue weighted by atomic mass is 9.81. The Balaban J connectivity index is 1.59. The van der Waals surface area contributed by atoms with Crippen LogP contribution in [0.15, 0.2) is 0 Å². The minimum absolute atomic E-state index is 0.668. The van der Waals surface area contributed by atoms with Crippen LogP contribution in [0, 0.1) is 11.3 Å². The lowest BCUT2D eigenvalue weighted by Gasteiger charge is -2.37. The summed E-state index contributed by atoms with van der Waals surface area (Å²) in [5, 5.41) is 3.90. The van der Waals surface area contributed by atoms with E-state index in [9.17, 15) is 0 Å². The molecule has 3 rings (SSSR count). The third-order valence-electron chi connectivity index (χ3n) is 6.70. The van der Waals surface area contributed by atoms with Crippen molar-refractivity contribution in [1.82, 2.24) is 10.2 Å². The average Bonchev–Trinajstić information content (AvgIpc) is 2.87. The number of nitrogens with zero attached hydrogens (tertiary/aromatic N) is 1. The van der Waals surface area contributed by atoms with E-state index in [1.807, 2.05) is 0 Å². The normalized spacial score (nSPS) is 32.1. The number of hydrogen-bond acceptors (Lipinski definition) is 2. The quantitative estimate of drug-likeness (QED) is 0.835. The Labute approximate surface area is 132 Å². The van der Waals surface area contributed by atoms with Gasteiger partial charge in [0.05, 0.1) is 0 Å². The van der Waals surface area contributed by atoms with Crippen molar-refractivity contribution in [1.29, 1.82) is 0 Å². The second-order valence-corrected chi connectivity index (χ2v) is 8.11. The molecule has 0 spiro atoms. The number of rotatable bonds is 4. The van der Waals surface area contributed by atoms with Gasteiger partial charge >= 0.3 is 0 Å². The van der Waals surface area contributed by atoms with Gasteiger partial charge in [0.15, 0.2) is 0 Å².